The lowest BCUT2D eigenvalue weighted by atomic mass is 9.91. The summed E-state index contributed by atoms with van der Waals surface area (Å²) < 4.78 is 0. The molecule has 2 aliphatic rings. The summed E-state index contributed by atoms with van der Waals surface area (Å²) >= 11 is 0. The van der Waals surface area contributed by atoms with E-state index in [9.17, 15) is 0 Å². The second kappa shape index (κ2) is 4.84. The average Bonchev–Trinajstić information content (AvgIpc) is 2.58. The smallest absolute Gasteiger partial charge is 0.00672 e. The fraction of sp³-hybridized carbons (Fsp3) is 1.00. The van der Waals surface area contributed by atoms with Gasteiger partial charge in [0.1, 0.15) is 0 Å². The van der Waals surface area contributed by atoms with Gasteiger partial charge in [-0.25, -0.2) is 0 Å². The second-order valence-electron chi connectivity index (χ2n) is 5.88. The van der Waals surface area contributed by atoms with Gasteiger partial charge in [-0.15, -0.1) is 0 Å². The first-order valence-corrected chi connectivity index (χ1v) is 6.61. The molecule has 0 amide bonds. The molecule has 2 rings (SSSR count). The lowest BCUT2D eigenvalue weighted by molar-refractivity contribution is 0.101. The van der Waals surface area contributed by atoms with Gasteiger partial charge in [0.05, 0.1) is 0 Å². The molecule has 2 saturated heterocycles. The third kappa shape index (κ3) is 2.73. The standard InChI is InChI=1S/C13H26N2/c1-10-4-5-12(3)15(8-10)9-13-7-14-6-11(13)2/h10-14H,4-9H2,1-3H3. The van der Waals surface area contributed by atoms with Crippen LogP contribution >= 0.6 is 0 Å². The molecule has 88 valence electrons. The normalized spacial score (nSPS) is 43.4. The summed E-state index contributed by atoms with van der Waals surface area (Å²) in [6, 6.07) is 0.814. The monoisotopic (exact) mass is 210 g/mol. The maximum Gasteiger partial charge on any atom is 0.00672 e. The van der Waals surface area contributed by atoms with E-state index in [4.69, 9.17) is 0 Å². The van der Waals surface area contributed by atoms with Crippen LogP contribution in [0.1, 0.15) is 33.6 Å². The van der Waals surface area contributed by atoms with Gasteiger partial charge in [0, 0.05) is 19.1 Å². The third-order valence-corrected chi connectivity index (χ3v) is 4.39. The molecule has 2 nitrogen and oxygen atoms in total. The van der Waals surface area contributed by atoms with Crippen LogP contribution in [0.25, 0.3) is 0 Å². The zero-order chi connectivity index (χ0) is 10.8. The van der Waals surface area contributed by atoms with E-state index in [0.717, 1.165) is 23.8 Å². The molecule has 0 aliphatic carbocycles. The Hall–Kier alpha value is -0.0800. The van der Waals surface area contributed by atoms with Crippen LogP contribution in [0.5, 0.6) is 0 Å². The van der Waals surface area contributed by atoms with E-state index in [0.29, 0.717) is 0 Å². The van der Waals surface area contributed by atoms with Crippen molar-refractivity contribution < 1.29 is 0 Å². The van der Waals surface area contributed by atoms with E-state index in [1.165, 1.54) is 39.0 Å². The highest BCUT2D eigenvalue weighted by Crippen LogP contribution is 2.25. The highest BCUT2D eigenvalue weighted by Gasteiger charge is 2.29. The molecule has 4 atom stereocenters. The number of likely N-dealkylation sites (tertiary alicyclic amines) is 1. The summed E-state index contributed by atoms with van der Waals surface area (Å²) in [5.41, 5.74) is 0. The van der Waals surface area contributed by atoms with Gasteiger partial charge in [0.15, 0.2) is 0 Å². The van der Waals surface area contributed by atoms with Crippen LogP contribution in [0.3, 0.4) is 0 Å². The molecule has 0 aromatic carbocycles. The fourth-order valence-corrected chi connectivity index (χ4v) is 3.04. The predicted molar refractivity (Wildman–Crippen MR) is 65.0 cm³/mol. The Morgan fingerprint density at radius 2 is 1.93 bits per heavy atom. The van der Waals surface area contributed by atoms with Crippen molar-refractivity contribution in [2.45, 2.75) is 39.7 Å². The van der Waals surface area contributed by atoms with Gasteiger partial charge >= 0.3 is 0 Å². The molecule has 0 aromatic rings. The molecule has 2 fully saturated rings. The number of rotatable bonds is 2. The van der Waals surface area contributed by atoms with Gasteiger partial charge in [-0.3, -0.25) is 0 Å². The third-order valence-electron chi connectivity index (χ3n) is 4.39. The van der Waals surface area contributed by atoms with Gasteiger partial charge in [0.2, 0.25) is 0 Å². The van der Waals surface area contributed by atoms with Crippen LogP contribution in [0, 0.1) is 17.8 Å². The lowest BCUT2D eigenvalue weighted by Gasteiger charge is -2.38. The van der Waals surface area contributed by atoms with Crippen molar-refractivity contribution in [3.8, 4) is 0 Å². The molecule has 1 N–H and O–H groups in total. The Balaban J connectivity index is 1.86. The van der Waals surface area contributed by atoms with Crippen LogP contribution in [0.15, 0.2) is 0 Å². The first kappa shape index (κ1) is 11.4. The Bertz CT molecular complexity index is 205. The van der Waals surface area contributed by atoms with Gasteiger partial charge < -0.3 is 10.2 Å². The van der Waals surface area contributed by atoms with Crippen molar-refractivity contribution in [1.29, 1.82) is 0 Å². The molecule has 0 aromatic heterocycles. The Kier molecular flexibility index (Phi) is 3.68. The van der Waals surface area contributed by atoms with Crippen LogP contribution in [-0.2, 0) is 0 Å². The van der Waals surface area contributed by atoms with Crippen molar-refractivity contribution >= 4 is 0 Å². The van der Waals surface area contributed by atoms with Crippen LogP contribution in [0.4, 0.5) is 0 Å². The summed E-state index contributed by atoms with van der Waals surface area (Å²) in [5, 5.41) is 3.51. The van der Waals surface area contributed by atoms with E-state index in [-0.39, 0.29) is 0 Å². The molecular formula is C13H26N2. The highest BCUT2D eigenvalue weighted by molar-refractivity contribution is 4.84. The summed E-state index contributed by atoms with van der Waals surface area (Å²) in [6.45, 7) is 12.3. The maximum absolute atomic E-state index is 3.51. The molecule has 2 heterocycles. The predicted octanol–water partition coefficient (Wildman–Crippen LogP) is 1.96. The number of piperidine rings is 1. The molecule has 4 unspecified atom stereocenters. The van der Waals surface area contributed by atoms with Crippen molar-refractivity contribution in [1.82, 2.24) is 10.2 Å². The molecule has 2 heteroatoms. The number of nitrogens with zero attached hydrogens (tertiary/aromatic N) is 1. The zero-order valence-electron chi connectivity index (χ0n) is 10.5. The molecule has 0 radical (unpaired) electrons. The van der Waals surface area contributed by atoms with Crippen LogP contribution < -0.4 is 5.32 Å². The summed E-state index contributed by atoms with van der Waals surface area (Å²) in [6.07, 6.45) is 2.83. The summed E-state index contributed by atoms with van der Waals surface area (Å²) in [5.74, 6) is 2.66. The average molecular weight is 210 g/mol. The van der Waals surface area contributed by atoms with Crippen LogP contribution in [0.2, 0.25) is 0 Å². The molecule has 15 heavy (non-hydrogen) atoms. The number of hydrogen-bond acceptors (Lipinski definition) is 2. The minimum atomic E-state index is 0.814. The molecule has 0 saturated carbocycles. The molecule has 2 aliphatic heterocycles. The Morgan fingerprint density at radius 3 is 2.60 bits per heavy atom. The number of nitrogens with one attached hydrogen (secondary N) is 1. The molecule has 0 spiro atoms. The Labute approximate surface area is 94.4 Å². The summed E-state index contributed by atoms with van der Waals surface area (Å²) in [4.78, 5) is 2.72. The van der Waals surface area contributed by atoms with E-state index >= 15 is 0 Å². The fourth-order valence-electron chi connectivity index (χ4n) is 3.04. The van der Waals surface area contributed by atoms with Crippen LogP contribution in [-0.4, -0.2) is 37.1 Å². The first-order valence-electron chi connectivity index (χ1n) is 6.61. The van der Waals surface area contributed by atoms with E-state index < -0.39 is 0 Å². The quantitative estimate of drug-likeness (QED) is 0.749. The largest absolute Gasteiger partial charge is 0.316 e. The van der Waals surface area contributed by atoms with Gasteiger partial charge in [-0.05, 0) is 50.6 Å². The topological polar surface area (TPSA) is 15.3 Å². The van der Waals surface area contributed by atoms with Crippen molar-refractivity contribution in [2.24, 2.45) is 17.8 Å². The summed E-state index contributed by atoms with van der Waals surface area (Å²) in [7, 11) is 0. The first-order chi connectivity index (χ1) is 7.16. The van der Waals surface area contributed by atoms with E-state index in [1.54, 1.807) is 0 Å². The lowest BCUT2D eigenvalue weighted by Crippen LogP contribution is -2.44. The van der Waals surface area contributed by atoms with Gasteiger partial charge in [-0.1, -0.05) is 13.8 Å². The maximum atomic E-state index is 3.51. The van der Waals surface area contributed by atoms with Crippen molar-refractivity contribution in [2.75, 3.05) is 26.2 Å². The molecular weight excluding hydrogens is 184 g/mol. The zero-order valence-corrected chi connectivity index (χ0v) is 10.5. The van der Waals surface area contributed by atoms with Crippen molar-refractivity contribution in [3.63, 3.8) is 0 Å². The van der Waals surface area contributed by atoms with E-state index in [1.807, 2.05) is 0 Å². The minimum absolute atomic E-state index is 0.814. The molecule has 0 bridgehead atoms. The SMILES string of the molecule is CC1CCC(C)N(CC2CNCC2C)C1. The second-order valence-corrected chi connectivity index (χ2v) is 5.88. The van der Waals surface area contributed by atoms with Gasteiger partial charge in [-0.2, -0.15) is 0 Å². The minimum Gasteiger partial charge on any atom is -0.316 e. The highest BCUT2D eigenvalue weighted by atomic mass is 15.2. The number of hydrogen-bond donors (Lipinski definition) is 1. The van der Waals surface area contributed by atoms with Crippen molar-refractivity contribution in [3.05, 3.63) is 0 Å². The Morgan fingerprint density at radius 1 is 1.13 bits per heavy atom. The van der Waals surface area contributed by atoms with Gasteiger partial charge in [0.25, 0.3) is 0 Å². The van der Waals surface area contributed by atoms with E-state index in [2.05, 4.69) is 31.0 Å².